The number of aromatic nitrogens is 2. The molecule has 0 amide bonds. The van der Waals surface area contributed by atoms with Crippen LogP contribution in [0.1, 0.15) is 49.1 Å². The van der Waals surface area contributed by atoms with Crippen LogP contribution in [-0.4, -0.2) is 28.6 Å². The van der Waals surface area contributed by atoms with E-state index in [1.54, 1.807) is 13.2 Å². The molecule has 3 aromatic carbocycles. The lowest BCUT2D eigenvalue weighted by molar-refractivity contribution is 0.248. The molecule has 5 heteroatoms. The summed E-state index contributed by atoms with van der Waals surface area (Å²) >= 11 is 0. The molecular weight excluding hydrogens is 449 g/mol. The highest BCUT2D eigenvalue weighted by atomic mass is 19.1. The van der Waals surface area contributed by atoms with E-state index in [4.69, 9.17) is 9.72 Å². The largest absolute Gasteiger partial charge is 0.497 e. The summed E-state index contributed by atoms with van der Waals surface area (Å²) in [7, 11) is 3.76. The van der Waals surface area contributed by atoms with Crippen molar-refractivity contribution in [1.82, 2.24) is 14.5 Å². The molecule has 188 valence electrons. The van der Waals surface area contributed by atoms with Crippen LogP contribution in [0.15, 0.2) is 72.8 Å². The number of rotatable bonds is 8. The second-order valence-corrected chi connectivity index (χ2v) is 10.5. The summed E-state index contributed by atoms with van der Waals surface area (Å²) < 4.78 is 22.9. The van der Waals surface area contributed by atoms with Gasteiger partial charge in [0.2, 0.25) is 0 Å². The van der Waals surface area contributed by atoms with Crippen molar-refractivity contribution < 1.29 is 9.13 Å². The van der Waals surface area contributed by atoms with Crippen molar-refractivity contribution in [2.45, 2.75) is 52.7 Å². The minimum atomic E-state index is -0.220. The fourth-order valence-corrected chi connectivity index (χ4v) is 4.65. The van der Waals surface area contributed by atoms with Gasteiger partial charge in [0.05, 0.1) is 19.5 Å². The Morgan fingerprint density at radius 1 is 0.972 bits per heavy atom. The van der Waals surface area contributed by atoms with Gasteiger partial charge >= 0.3 is 0 Å². The van der Waals surface area contributed by atoms with Crippen LogP contribution >= 0.6 is 0 Å². The predicted octanol–water partition coefficient (Wildman–Crippen LogP) is 6.98. The number of hydrogen-bond acceptors (Lipinski definition) is 3. The number of methoxy groups -OCH3 is 1. The molecule has 1 aromatic heterocycles. The average molecular weight is 486 g/mol. The van der Waals surface area contributed by atoms with E-state index in [9.17, 15) is 0 Å². The highest BCUT2D eigenvalue weighted by Gasteiger charge is 2.26. The zero-order valence-electron chi connectivity index (χ0n) is 22.2. The predicted molar refractivity (Wildman–Crippen MR) is 145 cm³/mol. The topological polar surface area (TPSA) is 30.3 Å². The minimum Gasteiger partial charge on any atom is -0.497 e. The molecule has 4 rings (SSSR count). The van der Waals surface area contributed by atoms with Crippen LogP contribution in [-0.2, 0) is 25.0 Å². The Hall–Kier alpha value is -3.44. The first-order valence-electron chi connectivity index (χ1n) is 12.4. The Balaban J connectivity index is 1.70. The summed E-state index contributed by atoms with van der Waals surface area (Å²) in [4.78, 5) is 7.38. The van der Waals surface area contributed by atoms with Crippen molar-refractivity contribution in [3.63, 3.8) is 0 Å². The van der Waals surface area contributed by atoms with Crippen LogP contribution in [0, 0.1) is 12.7 Å². The molecule has 1 heterocycles. The third-order valence-corrected chi connectivity index (χ3v) is 6.51. The summed E-state index contributed by atoms with van der Waals surface area (Å²) in [6.45, 7) is 10.2. The monoisotopic (exact) mass is 485 g/mol. The maximum atomic E-state index is 15.3. The van der Waals surface area contributed by atoms with Gasteiger partial charge in [0, 0.05) is 29.6 Å². The molecule has 0 bridgehead atoms. The fraction of sp³-hybridized carbons (Fsp3) is 0.323. The van der Waals surface area contributed by atoms with E-state index >= 15 is 4.39 Å². The molecule has 0 N–H and O–H groups in total. The Labute approximate surface area is 214 Å². The molecule has 36 heavy (non-hydrogen) atoms. The second-order valence-electron chi connectivity index (χ2n) is 10.5. The number of halogens is 1. The van der Waals surface area contributed by atoms with E-state index in [0.717, 1.165) is 40.6 Å². The van der Waals surface area contributed by atoms with E-state index in [1.807, 2.05) is 36.4 Å². The average Bonchev–Trinajstić information content (AvgIpc) is 3.16. The van der Waals surface area contributed by atoms with Gasteiger partial charge in [0.15, 0.2) is 0 Å². The van der Waals surface area contributed by atoms with Crippen LogP contribution in [0.2, 0.25) is 0 Å². The molecule has 0 fully saturated rings. The van der Waals surface area contributed by atoms with E-state index in [0.29, 0.717) is 18.7 Å². The Morgan fingerprint density at radius 3 is 2.39 bits per heavy atom. The number of hydrogen-bond donors (Lipinski definition) is 0. The van der Waals surface area contributed by atoms with Crippen LogP contribution in [0.3, 0.4) is 0 Å². The molecule has 0 atom stereocenters. The van der Waals surface area contributed by atoms with Gasteiger partial charge in [-0.15, -0.1) is 0 Å². The van der Waals surface area contributed by atoms with E-state index < -0.39 is 0 Å². The van der Waals surface area contributed by atoms with Crippen LogP contribution in [0.25, 0.3) is 11.1 Å². The third kappa shape index (κ3) is 5.68. The van der Waals surface area contributed by atoms with Gasteiger partial charge in [0.25, 0.3) is 0 Å². The van der Waals surface area contributed by atoms with Crippen LogP contribution < -0.4 is 4.74 Å². The fourth-order valence-electron chi connectivity index (χ4n) is 4.65. The standard InChI is InChI=1S/C31H36FN3O/c1-22-29(19-27-26(16-11-17-28(27)32)24-14-10-15-25(18-24)36-6)33-30(31(2,3)4)35(22)21-34(5)20-23-12-8-7-9-13-23/h7-18H,19-21H2,1-6H3. The van der Waals surface area contributed by atoms with E-state index in [1.165, 1.54) is 11.6 Å². The normalized spacial score (nSPS) is 11.8. The van der Waals surface area contributed by atoms with Crippen LogP contribution in [0.5, 0.6) is 5.75 Å². The van der Waals surface area contributed by atoms with Crippen molar-refractivity contribution in [2.75, 3.05) is 14.2 Å². The summed E-state index contributed by atoms with van der Waals surface area (Å²) in [5.74, 6) is 1.54. The van der Waals surface area contributed by atoms with Gasteiger partial charge < -0.3 is 9.30 Å². The molecule has 0 saturated carbocycles. The molecule has 0 aliphatic carbocycles. The van der Waals surface area contributed by atoms with Crippen molar-refractivity contribution >= 4 is 0 Å². The second kappa shape index (κ2) is 10.7. The maximum absolute atomic E-state index is 15.3. The van der Waals surface area contributed by atoms with Gasteiger partial charge in [-0.25, -0.2) is 9.37 Å². The minimum absolute atomic E-state index is 0.151. The Kier molecular flexibility index (Phi) is 7.60. The zero-order chi connectivity index (χ0) is 25.9. The number of nitrogens with zero attached hydrogens (tertiary/aromatic N) is 3. The lowest BCUT2D eigenvalue weighted by atomic mass is 9.95. The van der Waals surface area contributed by atoms with Crippen molar-refractivity contribution in [2.24, 2.45) is 0 Å². The summed E-state index contributed by atoms with van der Waals surface area (Å²) in [5.41, 5.74) is 5.53. The SMILES string of the molecule is COc1cccc(-c2cccc(F)c2Cc2nc(C(C)(C)C)n(CN(C)Cc3ccccc3)c2C)c1. The Bertz CT molecular complexity index is 1320. The molecule has 4 aromatic rings. The molecule has 0 unspecified atom stereocenters. The third-order valence-electron chi connectivity index (χ3n) is 6.51. The molecule has 0 aliphatic heterocycles. The number of ether oxygens (including phenoxy) is 1. The first-order chi connectivity index (χ1) is 17.2. The summed E-state index contributed by atoms with van der Waals surface area (Å²) in [6, 6.07) is 23.5. The highest BCUT2D eigenvalue weighted by Crippen LogP contribution is 2.32. The number of imidazole rings is 1. The molecular formula is C31H36FN3O. The Morgan fingerprint density at radius 2 is 1.69 bits per heavy atom. The summed E-state index contributed by atoms with van der Waals surface area (Å²) in [6.07, 6.45) is 0.420. The van der Waals surface area contributed by atoms with Gasteiger partial charge in [-0.05, 0) is 48.9 Å². The lowest BCUT2D eigenvalue weighted by Gasteiger charge is -2.25. The molecule has 0 aliphatic rings. The first kappa shape index (κ1) is 25.6. The zero-order valence-corrected chi connectivity index (χ0v) is 22.2. The van der Waals surface area contributed by atoms with Gasteiger partial charge in [-0.2, -0.15) is 0 Å². The maximum Gasteiger partial charge on any atom is 0.127 e. The summed E-state index contributed by atoms with van der Waals surface area (Å²) in [5, 5.41) is 0. The van der Waals surface area contributed by atoms with E-state index in [-0.39, 0.29) is 11.2 Å². The highest BCUT2D eigenvalue weighted by molar-refractivity contribution is 5.69. The van der Waals surface area contributed by atoms with Crippen molar-refractivity contribution in [3.05, 3.63) is 107 Å². The first-order valence-corrected chi connectivity index (χ1v) is 12.4. The quantitative estimate of drug-likeness (QED) is 0.270. The van der Waals surface area contributed by atoms with Gasteiger partial charge in [-0.1, -0.05) is 75.4 Å². The molecule has 0 saturated heterocycles. The van der Waals surface area contributed by atoms with Gasteiger partial charge in [-0.3, -0.25) is 4.90 Å². The van der Waals surface area contributed by atoms with Crippen LogP contribution in [0.4, 0.5) is 4.39 Å². The lowest BCUT2D eigenvalue weighted by Crippen LogP contribution is -2.27. The van der Waals surface area contributed by atoms with Gasteiger partial charge in [0.1, 0.15) is 17.4 Å². The van der Waals surface area contributed by atoms with Crippen molar-refractivity contribution in [1.29, 1.82) is 0 Å². The molecule has 0 spiro atoms. The van der Waals surface area contributed by atoms with Crippen molar-refractivity contribution in [3.8, 4) is 16.9 Å². The molecule has 0 radical (unpaired) electrons. The van der Waals surface area contributed by atoms with E-state index in [2.05, 4.69) is 68.5 Å². The molecule has 4 nitrogen and oxygen atoms in total. The number of benzene rings is 3. The smallest absolute Gasteiger partial charge is 0.127 e.